The highest BCUT2D eigenvalue weighted by Crippen LogP contribution is 2.40. The van der Waals surface area contributed by atoms with E-state index >= 15 is 0 Å². The number of amides is 2. The van der Waals surface area contributed by atoms with E-state index in [1.165, 1.54) is 32.4 Å². The van der Waals surface area contributed by atoms with Gasteiger partial charge in [-0.1, -0.05) is 41.6 Å². The molecular weight excluding hydrogens is 443 g/mol. The van der Waals surface area contributed by atoms with E-state index in [4.69, 9.17) is 9.47 Å². The van der Waals surface area contributed by atoms with Crippen LogP contribution in [0.25, 0.3) is 0 Å². The monoisotopic (exact) mass is 464 g/mol. The summed E-state index contributed by atoms with van der Waals surface area (Å²) in [5.74, 6) is -0.932. The van der Waals surface area contributed by atoms with Crippen molar-refractivity contribution in [2.24, 2.45) is 0 Å². The molecule has 0 radical (unpaired) electrons. The molecule has 0 aliphatic carbocycles. The molecule has 1 N–H and O–H groups in total. The van der Waals surface area contributed by atoms with E-state index in [0.717, 1.165) is 27.1 Å². The Kier molecular flexibility index (Phi) is 6.37. The number of methoxy groups -OCH3 is 2. The number of nitrogens with one attached hydrogen (secondary N) is 1. The molecule has 0 aromatic heterocycles. The average molecular weight is 465 g/mol. The molecule has 3 aromatic rings. The Labute approximate surface area is 195 Å². The molecule has 33 heavy (non-hydrogen) atoms. The number of para-hydroxylation sites is 1. The molecule has 6 nitrogen and oxygen atoms in total. The maximum absolute atomic E-state index is 14.5. The number of benzene rings is 3. The summed E-state index contributed by atoms with van der Waals surface area (Å²) in [6, 6.07) is 18.3. The molecule has 2 amide bonds. The Morgan fingerprint density at radius 1 is 0.909 bits per heavy atom. The summed E-state index contributed by atoms with van der Waals surface area (Å²) in [7, 11) is 3.02. The first-order chi connectivity index (χ1) is 15.9. The van der Waals surface area contributed by atoms with Crippen molar-refractivity contribution >= 4 is 35.0 Å². The minimum atomic E-state index is -0.665. The lowest BCUT2D eigenvalue weighted by atomic mass is 10.2. The predicted molar refractivity (Wildman–Crippen MR) is 126 cm³/mol. The van der Waals surface area contributed by atoms with E-state index < -0.39 is 17.6 Å². The maximum Gasteiger partial charge on any atom is 0.283 e. The van der Waals surface area contributed by atoms with Crippen molar-refractivity contribution < 1.29 is 23.5 Å². The summed E-state index contributed by atoms with van der Waals surface area (Å²) < 4.78 is 25.2. The highest BCUT2D eigenvalue weighted by atomic mass is 32.2. The number of carbonyl (C=O) groups excluding carboxylic acids is 2. The smallest absolute Gasteiger partial charge is 0.283 e. The number of nitrogens with zero attached hydrogens (tertiary/aromatic N) is 1. The van der Waals surface area contributed by atoms with Crippen LogP contribution in [0.4, 0.5) is 15.8 Å². The number of carbonyl (C=O) groups is 2. The molecule has 1 aliphatic rings. The predicted octanol–water partition coefficient (Wildman–Crippen LogP) is 5.14. The van der Waals surface area contributed by atoms with Gasteiger partial charge >= 0.3 is 0 Å². The summed E-state index contributed by atoms with van der Waals surface area (Å²) in [6.07, 6.45) is 0. The first kappa shape index (κ1) is 22.4. The molecule has 1 heterocycles. The summed E-state index contributed by atoms with van der Waals surface area (Å²) in [4.78, 5) is 28.5. The van der Waals surface area contributed by atoms with Gasteiger partial charge in [-0.3, -0.25) is 9.59 Å². The van der Waals surface area contributed by atoms with Crippen molar-refractivity contribution in [1.82, 2.24) is 0 Å². The minimum absolute atomic E-state index is 0.0392. The number of thioether (sulfide) groups is 1. The van der Waals surface area contributed by atoms with Gasteiger partial charge in [0.2, 0.25) is 0 Å². The summed E-state index contributed by atoms with van der Waals surface area (Å²) >= 11 is 1.14. The molecule has 0 bridgehead atoms. The minimum Gasteiger partial charge on any atom is -0.497 e. The van der Waals surface area contributed by atoms with E-state index in [0.29, 0.717) is 17.2 Å². The fraction of sp³-hybridized carbons (Fsp3) is 0.120. The fourth-order valence-electron chi connectivity index (χ4n) is 3.33. The second-order valence-electron chi connectivity index (χ2n) is 7.21. The lowest BCUT2D eigenvalue weighted by Crippen LogP contribution is -2.33. The Balaban J connectivity index is 1.78. The quantitative estimate of drug-likeness (QED) is 0.489. The van der Waals surface area contributed by atoms with Crippen molar-refractivity contribution in [2.75, 3.05) is 24.4 Å². The van der Waals surface area contributed by atoms with Crippen LogP contribution in [0.1, 0.15) is 5.56 Å². The third kappa shape index (κ3) is 4.42. The van der Waals surface area contributed by atoms with E-state index in [9.17, 15) is 14.0 Å². The van der Waals surface area contributed by atoms with E-state index in [-0.39, 0.29) is 16.3 Å². The topological polar surface area (TPSA) is 67.9 Å². The number of aryl methyl sites for hydroxylation is 1. The zero-order valence-electron chi connectivity index (χ0n) is 18.2. The zero-order valence-corrected chi connectivity index (χ0v) is 19.0. The Morgan fingerprint density at radius 3 is 2.30 bits per heavy atom. The molecule has 168 valence electrons. The number of hydrogen-bond acceptors (Lipinski definition) is 6. The van der Waals surface area contributed by atoms with Gasteiger partial charge in [0.05, 0.1) is 25.6 Å². The van der Waals surface area contributed by atoms with Crippen molar-refractivity contribution in [2.45, 2.75) is 11.8 Å². The molecule has 0 fully saturated rings. The molecule has 0 saturated heterocycles. The largest absolute Gasteiger partial charge is 0.497 e. The van der Waals surface area contributed by atoms with Crippen LogP contribution in [-0.4, -0.2) is 26.0 Å². The van der Waals surface area contributed by atoms with Gasteiger partial charge in [-0.05, 0) is 43.3 Å². The van der Waals surface area contributed by atoms with Gasteiger partial charge in [-0.25, -0.2) is 9.29 Å². The molecule has 0 saturated carbocycles. The van der Waals surface area contributed by atoms with Gasteiger partial charge in [-0.2, -0.15) is 0 Å². The maximum atomic E-state index is 14.5. The Bertz CT molecular complexity index is 1260. The van der Waals surface area contributed by atoms with Gasteiger partial charge in [0, 0.05) is 11.0 Å². The molecular formula is C25H21FN2O4S. The van der Waals surface area contributed by atoms with Crippen molar-refractivity contribution in [1.29, 1.82) is 0 Å². The first-order valence-corrected chi connectivity index (χ1v) is 10.9. The van der Waals surface area contributed by atoms with Crippen LogP contribution < -0.4 is 19.7 Å². The van der Waals surface area contributed by atoms with Crippen molar-refractivity contribution in [3.63, 3.8) is 0 Å². The van der Waals surface area contributed by atoms with Crippen LogP contribution in [0, 0.1) is 12.7 Å². The van der Waals surface area contributed by atoms with Gasteiger partial charge in [0.15, 0.2) is 0 Å². The third-order valence-electron chi connectivity index (χ3n) is 5.04. The summed E-state index contributed by atoms with van der Waals surface area (Å²) in [5, 5.41) is 3.04. The number of anilines is 2. The molecule has 3 aromatic carbocycles. The molecule has 0 unspecified atom stereocenters. The summed E-state index contributed by atoms with van der Waals surface area (Å²) in [5.41, 5.74) is 1.47. The fourth-order valence-corrected chi connectivity index (χ4v) is 4.25. The van der Waals surface area contributed by atoms with Crippen molar-refractivity contribution in [3.05, 3.63) is 88.7 Å². The second kappa shape index (κ2) is 9.38. The number of imide groups is 1. The number of hydrogen-bond donors (Lipinski definition) is 1. The first-order valence-electron chi connectivity index (χ1n) is 10.0. The number of ether oxygens (including phenoxy) is 2. The highest BCUT2D eigenvalue weighted by molar-refractivity contribution is 8.04. The molecule has 0 atom stereocenters. The molecule has 1 aliphatic heterocycles. The van der Waals surface area contributed by atoms with Gasteiger partial charge in [-0.15, -0.1) is 0 Å². The standard InChI is InChI=1S/C25H21FN2O4S/c1-15-8-11-17(12-9-15)33-23-22(27-19-13-10-16(31-2)14-21(19)32-3)24(29)28(25(23)30)20-7-5-4-6-18(20)26/h4-14,27H,1-3H3. The lowest BCUT2D eigenvalue weighted by molar-refractivity contribution is -0.120. The molecule has 8 heteroatoms. The molecule has 4 rings (SSSR count). The zero-order chi connectivity index (χ0) is 23.5. The van der Waals surface area contributed by atoms with Gasteiger partial charge in [0.1, 0.15) is 27.9 Å². The molecule has 0 spiro atoms. The number of halogens is 1. The van der Waals surface area contributed by atoms with Crippen LogP contribution in [0.2, 0.25) is 0 Å². The van der Waals surface area contributed by atoms with Crippen molar-refractivity contribution in [3.8, 4) is 11.5 Å². The Hall–Kier alpha value is -3.78. The van der Waals surface area contributed by atoms with Crippen LogP contribution >= 0.6 is 11.8 Å². The van der Waals surface area contributed by atoms with Crippen LogP contribution in [0.5, 0.6) is 11.5 Å². The van der Waals surface area contributed by atoms with Crippen LogP contribution in [-0.2, 0) is 9.59 Å². The summed E-state index contributed by atoms with van der Waals surface area (Å²) in [6.45, 7) is 1.96. The normalized spacial score (nSPS) is 13.5. The SMILES string of the molecule is COc1ccc(NC2=C(Sc3ccc(C)cc3)C(=O)N(c3ccccc3F)C2=O)c(OC)c1. The average Bonchev–Trinajstić information content (AvgIpc) is 3.05. The van der Waals surface area contributed by atoms with E-state index in [2.05, 4.69) is 5.32 Å². The van der Waals surface area contributed by atoms with Gasteiger partial charge < -0.3 is 14.8 Å². The number of rotatable bonds is 7. The highest BCUT2D eigenvalue weighted by Gasteiger charge is 2.41. The van der Waals surface area contributed by atoms with E-state index in [1.54, 1.807) is 24.3 Å². The van der Waals surface area contributed by atoms with Crippen LogP contribution in [0.15, 0.2) is 82.2 Å². The van der Waals surface area contributed by atoms with Crippen LogP contribution in [0.3, 0.4) is 0 Å². The second-order valence-corrected chi connectivity index (χ2v) is 8.29. The van der Waals surface area contributed by atoms with E-state index in [1.807, 2.05) is 31.2 Å². The third-order valence-corrected chi connectivity index (χ3v) is 6.13. The van der Waals surface area contributed by atoms with Gasteiger partial charge in [0.25, 0.3) is 11.8 Å². The lowest BCUT2D eigenvalue weighted by Gasteiger charge is -2.16. The Morgan fingerprint density at radius 2 is 1.64 bits per heavy atom.